The average Bonchev–Trinajstić information content (AvgIpc) is 2.05. The lowest BCUT2D eigenvalue weighted by Crippen LogP contribution is -2.74. The zero-order valence-corrected chi connectivity index (χ0v) is 7.72. The van der Waals surface area contributed by atoms with Crippen LogP contribution in [-0.4, -0.2) is 37.5 Å². The van der Waals surface area contributed by atoms with E-state index in [0.29, 0.717) is 24.4 Å². The molecule has 0 aromatic rings. The second-order valence-corrected chi connectivity index (χ2v) is 3.91. The van der Waals surface area contributed by atoms with Crippen LogP contribution in [0.5, 0.6) is 0 Å². The monoisotopic (exact) mass is 170 g/mol. The minimum absolute atomic E-state index is 0.393. The van der Waals surface area contributed by atoms with E-state index in [1.54, 1.807) is 0 Å². The van der Waals surface area contributed by atoms with E-state index in [2.05, 4.69) is 35.1 Å². The summed E-state index contributed by atoms with van der Waals surface area (Å²) in [5, 5.41) is 13.9. The van der Waals surface area contributed by atoms with Crippen molar-refractivity contribution in [2.45, 2.75) is 38.3 Å². The Labute approximate surface area is 73.5 Å². The minimum Gasteiger partial charge on any atom is -0.298 e. The van der Waals surface area contributed by atoms with Crippen LogP contribution >= 0.6 is 0 Å². The smallest absolute Gasteiger partial charge is 0.0869 e. The maximum Gasteiger partial charge on any atom is 0.0869 e. The van der Waals surface area contributed by atoms with E-state index in [-0.39, 0.29) is 0 Å². The van der Waals surface area contributed by atoms with Crippen molar-refractivity contribution in [1.29, 1.82) is 0 Å². The molecule has 12 heavy (non-hydrogen) atoms. The Kier molecular flexibility index (Phi) is 2.32. The van der Waals surface area contributed by atoms with E-state index in [1.807, 2.05) is 0 Å². The van der Waals surface area contributed by atoms with Gasteiger partial charge in [0.1, 0.15) is 0 Å². The highest BCUT2D eigenvalue weighted by atomic mass is 15.3. The summed E-state index contributed by atoms with van der Waals surface area (Å²) in [6.07, 6.45) is 0.787. The van der Waals surface area contributed by atoms with Gasteiger partial charge in [0, 0.05) is 25.2 Å². The molecule has 4 heteroatoms. The Morgan fingerprint density at radius 1 is 0.833 bits per heavy atom. The van der Waals surface area contributed by atoms with E-state index >= 15 is 0 Å². The highest BCUT2D eigenvalue weighted by Gasteiger charge is 2.31. The van der Waals surface area contributed by atoms with Crippen LogP contribution in [0, 0.1) is 0 Å². The zero-order valence-electron chi connectivity index (χ0n) is 7.72. The van der Waals surface area contributed by atoms with Crippen molar-refractivity contribution >= 4 is 0 Å². The Morgan fingerprint density at radius 2 is 1.25 bits per heavy atom. The van der Waals surface area contributed by atoms with Crippen LogP contribution in [0.2, 0.25) is 0 Å². The third-order valence-corrected chi connectivity index (χ3v) is 2.55. The lowest BCUT2D eigenvalue weighted by molar-refractivity contribution is 0.161. The molecule has 0 bridgehead atoms. The second-order valence-electron chi connectivity index (χ2n) is 3.91. The normalized spacial score (nSPS) is 48.5. The quantitative estimate of drug-likeness (QED) is 0.369. The Morgan fingerprint density at radius 3 is 1.67 bits per heavy atom. The molecular formula is C8H18N4. The van der Waals surface area contributed by atoms with Gasteiger partial charge in [-0.3, -0.25) is 21.3 Å². The molecule has 2 heterocycles. The largest absolute Gasteiger partial charge is 0.298 e. The first-order valence-corrected chi connectivity index (χ1v) is 4.74. The van der Waals surface area contributed by atoms with Gasteiger partial charge in [-0.25, -0.2) is 0 Å². The molecule has 0 spiro atoms. The molecule has 0 aromatic heterocycles. The van der Waals surface area contributed by atoms with E-state index < -0.39 is 0 Å². The van der Waals surface area contributed by atoms with Gasteiger partial charge in [-0.2, -0.15) is 0 Å². The molecule has 4 nitrogen and oxygen atoms in total. The first-order chi connectivity index (χ1) is 5.75. The maximum absolute atomic E-state index is 3.50. The summed E-state index contributed by atoms with van der Waals surface area (Å²) in [7, 11) is 0. The highest BCUT2D eigenvalue weighted by Crippen LogP contribution is 2.02. The van der Waals surface area contributed by atoms with Crippen LogP contribution in [0.15, 0.2) is 0 Å². The minimum atomic E-state index is 0.393. The predicted octanol–water partition coefficient (Wildman–Crippen LogP) is -1.20. The SMILES string of the molecule is C[C@@H]1CN[C@@H]2N[C@@H](C)CN[C@H]2N1. The Balaban J connectivity index is 1.94. The van der Waals surface area contributed by atoms with Crippen LogP contribution in [0.25, 0.3) is 0 Å². The Hall–Kier alpha value is -0.160. The summed E-state index contributed by atoms with van der Waals surface area (Å²) in [6.45, 7) is 6.48. The van der Waals surface area contributed by atoms with Gasteiger partial charge in [-0.1, -0.05) is 0 Å². The van der Waals surface area contributed by atoms with Crippen molar-refractivity contribution in [1.82, 2.24) is 21.3 Å². The van der Waals surface area contributed by atoms with E-state index in [1.165, 1.54) is 0 Å². The van der Waals surface area contributed by atoms with Crippen molar-refractivity contribution in [2.24, 2.45) is 0 Å². The van der Waals surface area contributed by atoms with Crippen LogP contribution in [-0.2, 0) is 0 Å². The van der Waals surface area contributed by atoms with Gasteiger partial charge in [0.05, 0.1) is 12.3 Å². The van der Waals surface area contributed by atoms with E-state index in [0.717, 1.165) is 13.1 Å². The summed E-state index contributed by atoms with van der Waals surface area (Å²) >= 11 is 0. The van der Waals surface area contributed by atoms with Crippen molar-refractivity contribution in [2.75, 3.05) is 13.1 Å². The van der Waals surface area contributed by atoms with Crippen LogP contribution in [0.4, 0.5) is 0 Å². The van der Waals surface area contributed by atoms with Crippen molar-refractivity contribution < 1.29 is 0 Å². The molecule has 2 aliphatic heterocycles. The van der Waals surface area contributed by atoms with Crippen molar-refractivity contribution in [3.8, 4) is 0 Å². The van der Waals surface area contributed by atoms with Crippen LogP contribution in [0.3, 0.4) is 0 Å². The first-order valence-electron chi connectivity index (χ1n) is 4.74. The predicted molar refractivity (Wildman–Crippen MR) is 48.8 cm³/mol. The molecule has 4 atom stereocenters. The van der Waals surface area contributed by atoms with Gasteiger partial charge in [-0.15, -0.1) is 0 Å². The van der Waals surface area contributed by atoms with Gasteiger partial charge >= 0.3 is 0 Å². The summed E-state index contributed by atoms with van der Waals surface area (Å²) < 4.78 is 0. The first kappa shape index (κ1) is 8.44. The van der Waals surface area contributed by atoms with Crippen LogP contribution in [0.1, 0.15) is 13.8 Å². The van der Waals surface area contributed by atoms with Crippen LogP contribution < -0.4 is 21.3 Å². The van der Waals surface area contributed by atoms with Gasteiger partial charge in [-0.05, 0) is 13.8 Å². The van der Waals surface area contributed by atoms with Crippen molar-refractivity contribution in [3.63, 3.8) is 0 Å². The standard InChI is InChI=1S/C8H18N4/c1-5-3-9-8-7(11-5)10-4-6(2)12-8/h5-12H,3-4H2,1-2H3/t5-,6+,7+,8-. The third kappa shape index (κ3) is 1.61. The summed E-state index contributed by atoms with van der Waals surface area (Å²) in [4.78, 5) is 0. The lowest BCUT2D eigenvalue weighted by Gasteiger charge is -2.43. The van der Waals surface area contributed by atoms with Gasteiger partial charge in [0.25, 0.3) is 0 Å². The fourth-order valence-electron chi connectivity index (χ4n) is 1.88. The molecule has 0 amide bonds. The topological polar surface area (TPSA) is 48.1 Å². The molecule has 0 saturated carbocycles. The molecule has 70 valence electrons. The summed E-state index contributed by atoms with van der Waals surface area (Å²) in [5.41, 5.74) is 0. The van der Waals surface area contributed by atoms with Crippen molar-refractivity contribution in [3.05, 3.63) is 0 Å². The molecule has 2 saturated heterocycles. The Bertz CT molecular complexity index is 143. The summed E-state index contributed by atoms with van der Waals surface area (Å²) in [6, 6.07) is 1.13. The molecule has 0 radical (unpaired) electrons. The number of hydrogen-bond donors (Lipinski definition) is 4. The summed E-state index contributed by atoms with van der Waals surface area (Å²) in [5.74, 6) is 0. The molecule has 0 aromatic carbocycles. The molecule has 2 rings (SSSR count). The average molecular weight is 170 g/mol. The fourth-order valence-corrected chi connectivity index (χ4v) is 1.88. The van der Waals surface area contributed by atoms with Gasteiger partial charge in [0.15, 0.2) is 0 Å². The second kappa shape index (κ2) is 3.30. The molecule has 2 aliphatic rings. The third-order valence-electron chi connectivity index (χ3n) is 2.55. The molecule has 2 fully saturated rings. The number of hydrogen-bond acceptors (Lipinski definition) is 4. The number of piperazine rings is 2. The van der Waals surface area contributed by atoms with Gasteiger partial charge < -0.3 is 0 Å². The van der Waals surface area contributed by atoms with Gasteiger partial charge in [0.2, 0.25) is 0 Å². The number of nitrogens with one attached hydrogen (secondary N) is 4. The molecule has 0 unspecified atom stereocenters. The highest BCUT2D eigenvalue weighted by molar-refractivity contribution is 4.92. The number of rotatable bonds is 0. The number of fused-ring (bicyclic) bond motifs is 1. The lowest BCUT2D eigenvalue weighted by atomic mass is 10.1. The van der Waals surface area contributed by atoms with E-state index in [9.17, 15) is 0 Å². The van der Waals surface area contributed by atoms with E-state index in [4.69, 9.17) is 0 Å². The fraction of sp³-hybridized carbons (Fsp3) is 1.00. The molecular weight excluding hydrogens is 152 g/mol. The zero-order chi connectivity index (χ0) is 8.55. The maximum atomic E-state index is 3.50. The molecule has 0 aliphatic carbocycles. The molecule has 4 N–H and O–H groups in total.